The quantitative estimate of drug-likeness (QED) is 0.845. The van der Waals surface area contributed by atoms with Crippen LogP contribution in [0.5, 0.6) is 0 Å². The third kappa shape index (κ3) is 2.96. The van der Waals surface area contributed by atoms with Crippen LogP contribution in [0.2, 0.25) is 0 Å². The SMILES string of the molecule is Cn1ncc(Cn2nc(C[C@H]3CCCC[C@H]3N)n(C)c2=O)n1. The van der Waals surface area contributed by atoms with Crippen molar-refractivity contribution in [1.82, 2.24) is 29.3 Å². The van der Waals surface area contributed by atoms with Gasteiger partial charge in [-0.2, -0.15) is 20.1 Å². The molecular weight excluding hydrogens is 282 g/mol. The predicted molar refractivity (Wildman–Crippen MR) is 81.2 cm³/mol. The molecule has 0 unspecified atom stereocenters. The van der Waals surface area contributed by atoms with Crippen LogP contribution in [-0.2, 0) is 27.1 Å². The van der Waals surface area contributed by atoms with Crippen LogP contribution in [0, 0.1) is 5.92 Å². The second-order valence-corrected chi connectivity index (χ2v) is 6.15. The molecule has 1 aliphatic rings. The highest BCUT2D eigenvalue weighted by molar-refractivity contribution is 4.96. The minimum atomic E-state index is -0.120. The summed E-state index contributed by atoms with van der Waals surface area (Å²) in [5.74, 6) is 1.22. The summed E-state index contributed by atoms with van der Waals surface area (Å²) in [6, 6.07) is 0.217. The van der Waals surface area contributed by atoms with E-state index in [4.69, 9.17) is 5.73 Å². The molecule has 22 heavy (non-hydrogen) atoms. The molecule has 120 valence electrons. The molecule has 2 N–H and O–H groups in total. The number of hydrogen-bond donors (Lipinski definition) is 1. The van der Waals surface area contributed by atoms with Gasteiger partial charge in [0, 0.05) is 26.6 Å². The van der Waals surface area contributed by atoms with E-state index >= 15 is 0 Å². The van der Waals surface area contributed by atoms with Crippen LogP contribution in [0.3, 0.4) is 0 Å². The lowest BCUT2D eigenvalue weighted by atomic mass is 9.83. The van der Waals surface area contributed by atoms with Crippen molar-refractivity contribution in [2.75, 3.05) is 0 Å². The first-order valence-electron chi connectivity index (χ1n) is 7.78. The van der Waals surface area contributed by atoms with Gasteiger partial charge in [-0.25, -0.2) is 9.48 Å². The lowest BCUT2D eigenvalue weighted by Crippen LogP contribution is -2.35. The van der Waals surface area contributed by atoms with Crippen LogP contribution >= 0.6 is 0 Å². The fourth-order valence-corrected chi connectivity index (χ4v) is 3.15. The molecule has 1 fully saturated rings. The zero-order valence-corrected chi connectivity index (χ0v) is 13.1. The molecule has 8 nitrogen and oxygen atoms in total. The van der Waals surface area contributed by atoms with E-state index in [0.717, 1.165) is 30.8 Å². The average Bonchev–Trinajstić information content (AvgIpc) is 3.01. The van der Waals surface area contributed by atoms with Crippen molar-refractivity contribution in [2.24, 2.45) is 25.7 Å². The van der Waals surface area contributed by atoms with Gasteiger partial charge in [-0.15, -0.1) is 0 Å². The number of aryl methyl sites for hydroxylation is 1. The van der Waals surface area contributed by atoms with Gasteiger partial charge in [0.2, 0.25) is 0 Å². The van der Waals surface area contributed by atoms with Gasteiger partial charge in [-0.05, 0) is 18.8 Å². The van der Waals surface area contributed by atoms with E-state index in [1.807, 2.05) is 0 Å². The van der Waals surface area contributed by atoms with E-state index in [9.17, 15) is 4.79 Å². The Bertz CT molecular complexity index is 698. The van der Waals surface area contributed by atoms with Crippen molar-refractivity contribution in [2.45, 2.75) is 44.7 Å². The fourth-order valence-electron chi connectivity index (χ4n) is 3.15. The maximum absolute atomic E-state index is 12.3. The first-order valence-corrected chi connectivity index (χ1v) is 7.78. The molecule has 0 bridgehead atoms. The summed E-state index contributed by atoms with van der Waals surface area (Å²) in [7, 11) is 3.52. The maximum Gasteiger partial charge on any atom is 0.346 e. The number of aromatic nitrogens is 6. The minimum absolute atomic E-state index is 0.120. The highest BCUT2D eigenvalue weighted by Crippen LogP contribution is 2.25. The predicted octanol–water partition coefficient (Wildman–Crippen LogP) is -0.181. The van der Waals surface area contributed by atoms with Gasteiger partial charge >= 0.3 is 5.69 Å². The Labute approximate surface area is 128 Å². The number of nitrogens with two attached hydrogens (primary N) is 1. The molecule has 0 spiro atoms. The normalized spacial score (nSPS) is 22.1. The average molecular weight is 305 g/mol. The van der Waals surface area contributed by atoms with Gasteiger partial charge in [-0.1, -0.05) is 12.8 Å². The van der Waals surface area contributed by atoms with Crippen molar-refractivity contribution in [3.8, 4) is 0 Å². The molecule has 0 amide bonds. The lowest BCUT2D eigenvalue weighted by molar-refractivity contribution is 0.300. The Balaban J connectivity index is 1.78. The molecule has 0 radical (unpaired) electrons. The zero-order chi connectivity index (χ0) is 15.7. The standard InChI is InChI=1S/C14H23N7O/c1-19-13(7-10-5-3-4-6-12(10)15)18-21(14(19)22)9-11-8-16-20(2)17-11/h8,10,12H,3-7,9,15H2,1-2H3/t10-,12-/m1/s1. The second-order valence-electron chi connectivity index (χ2n) is 6.15. The van der Waals surface area contributed by atoms with Crippen LogP contribution in [0.25, 0.3) is 0 Å². The van der Waals surface area contributed by atoms with Crippen LogP contribution < -0.4 is 11.4 Å². The molecule has 2 aromatic rings. The van der Waals surface area contributed by atoms with E-state index in [0.29, 0.717) is 12.5 Å². The molecule has 8 heteroatoms. The molecule has 0 aromatic carbocycles. The number of rotatable bonds is 4. The van der Waals surface area contributed by atoms with Gasteiger partial charge in [0.25, 0.3) is 0 Å². The van der Waals surface area contributed by atoms with E-state index < -0.39 is 0 Å². The van der Waals surface area contributed by atoms with Crippen LogP contribution in [0.4, 0.5) is 0 Å². The third-order valence-electron chi connectivity index (χ3n) is 4.50. The summed E-state index contributed by atoms with van der Waals surface area (Å²) < 4.78 is 3.07. The third-order valence-corrected chi connectivity index (χ3v) is 4.50. The van der Waals surface area contributed by atoms with E-state index in [-0.39, 0.29) is 11.7 Å². The summed E-state index contributed by atoms with van der Waals surface area (Å²) in [4.78, 5) is 13.8. The van der Waals surface area contributed by atoms with Gasteiger partial charge in [0.05, 0.1) is 12.7 Å². The smallest absolute Gasteiger partial charge is 0.327 e. The van der Waals surface area contributed by atoms with Gasteiger partial charge in [0.1, 0.15) is 11.5 Å². The first-order chi connectivity index (χ1) is 10.5. The Hall–Kier alpha value is -1.96. The lowest BCUT2D eigenvalue weighted by Gasteiger charge is -2.27. The Morgan fingerprint density at radius 3 is 2.73 bits per heavy atom. The highest BCUT2D eigenvalue weighted by Gasteiger charge is 2.24. The fraction of sp³-hybridized carbons (Fsp3) is 0.714. The van der Waals surface area contributed by atoms with Gasteiger partial charge < -0.3 is 5.73 Å². The Morgan fingerprint density at radius 2 is 2.05 bits per heavy atom. The number of nitrogens with zero attached hydrogens (tertiary/aromatic N) is 6. The van der Waals surface area contributed by atoms with Gasteiger partial charge in [-0.3, -0.25) is 4.57 Å². The summed E-state index contributed by atoms with van der Waals surface area (Å²) in [5, 5.41) is 12.7. The highest BCUT2D eigenvalue weighted by atomic mass is 16.2. The maximum atomic E-state index is 12.3. The number of hydrogen-bond acceptors (Lipinski definition) is 5. The van der Waals surface area contributed by atoms with Crippen molar-refractivity contribution in [3.63, 3.8) is 0 Å². The molecular formula is C14H23N7O. The van der Waals surface area contributed by atoms with Gasteiger partial charge in [0.15, 0.2) is 0 Å². The molecule has 2 atom stereocenters. The molecule has 1 aliphatic carbocycles. The first kappa shape index (κ1) is 15.0. The van der Waals surface area contributed by atoms with Crippen molar-refractivity contribution in [1.29, 1.82) is 0 Å². The van der Waals surface area contributed by atoms with Crippen LogP contribution in [-0.4, -0.2) is 35.4 Å². The molecule has 0 aliphatic heterocycles. The Morgan fingerprint density at radius 1 is 1.27 bits per heavy atom. The monoisotopic (exact) mass is 305 g/mol. The summed E-state index contributed by atoms with van der Waals surface area (Å²) in [5.41, 5.74) is 6.81. The molecule has 2 heterocycles. The van der Waals surface area contributed by atoms with Crippen molar-refractivity contribution in [3.05, 3.63) is 28.2 Å². The van der Waals surface area contributed by atoms with E-state index in [1.54, 1.807) is 24.9 Å². The summed E-state index contributed by atoms with van der Waals surface area (Å²) in [6.07, 6.45) is 7.02. The second kappa shape index (κ2) is 6.04. The minimum Gasteiger partial charge on any atom is -0.327 e. The molecule has 1 saturated carbocycles. The summed E-state index contributed by atoms with van der Waals surface area (Å²) >= 11 is 0. The Kier molecular flexibility index (Phi) is 4.10. The largest absolute Gasteiger partial charge is 0.346 e. The van der Waals surface area contributed by atoms with Crippen LogP contribution in [0.1, 0.15) is 37.2 Å². The van der Waals surface area contributed by atoms with E-state index in [1.165, 1.54) is 22.3 Å². The zero-order valence-electron chi connectivity index (χ0n) is 13.1. The molecule has 2 aromatic heterocycles. The molecule has 0 saturated heterocycles. The van der Waals surface area contributed by atoms with E-state index in [2.05, 4.69) is 15.3 Å². The van der Waals surface area contributed by atoms with Crippen molar-refractivity contribution < 1.29 is 0 Å². The summed E-state index contributed by atoms with van der Waals surface area (Å²) in [6.45, 7) is 0.344. The molecule has 3 rings (SSSR count). The van der Waals surface area contributed by atoms with Crippen molar-refractivity contribution >= 4 is 0 Å². The van der Waals surface area contributed by atoms with Crippen LogP contribution in [0.15, 0.2) is 11.0 Å². The topological polar surface area (TPSA) is 96.5 Å².